The molecule has 0 spiro atoms. The van der Waals surface area contributed by atoms with Gasteiger partial charge in [-0.2, -0.15) is 0 Å². The van der Waals surface area contributed by atoms with Crippen molar-refractivity contribution in [1.29, 1.82) is 0 Å². The fraction of sp³-hybridized carbons (Fsp3) is 0.600. The van der Waals surface area contributed by atoms with Gasteiger partial charge < -0.3 is 10.2 Å². The molecule has 0 aromatic heterocycles. The first kappa shape index (κ1) is 16.7. The zero-order chi connectivity index (χ0) is 15.6. The van der Waals surface area contributed by atoms with E-state index in [-0.39, 0.29) is 0 Å². The molecular formula is C15H23ClN2O2S. The van der Waals surface area contributed by atoms with Crippen molar-refractivity contribution in [1.82, 2.24) is 10.2 Å². The van der Waals surface area contributed by atoms with E-state index in [0.717, 1.165) is 19.4 Å². The average Bonchev–Trinajstić information content (AvgIpc) is 2.40. The Morgan fingerprint density at radius 3 is 2.76 bits per heavy atom. The molecule has 1 aromatic rings. The molecule has 1 heterocycles. The number of hydrogen-bond donors (Lipinski definition) is 1. The number of benzene rings is 1. The second kappa shape index (κ2) is 6.65. The molecule has 21 heavy (non-hydrogen) atoms. The van der Waals surface area contributed by atoms with E-state index in [1.54, 1.807) is 18.2 Å². The summed E-state index contributed by atoms with van der Waals surface area (Å²) in [5, 5.41) is 3.97. The second-order valence-corrected chi connectivity index (χ2v) is 8.31. The number of rotatable bonds is 4. The molecular weight excluding hydrogens is 308 g/mol. The lowest BCUT2D eigenvalue weighted by Crippen LogP contribution is -2.45. The first-order valence-corrected chi connectivity index (χ1v) is 9.47. The third-order valence-corrected chi connectivity index (χ3v) is 5.79. The van der Waals surface area contributed by atoms with Gasteiger partial charge in [0.2, 0.25) is 0 Å². The maximum atomic E-state index is 11.9. The highest BCUT2D eigenvalue weighted by atomic mass is 35.5. The van der Waals surface area contributed by atoms with Crippen LogP contribution >= 0.6 is 11.6 Å². The number of hydrogen-bond acceptors (Lipinski definition) is 4. The highest BCUT2D eigenvalue weighted by molar-refractivity contribution is 7.90. The second-order valence-electron chi connectivity index (χ2n) is 5.92. The Morgan fingerprint density at radius 2 is 2.14 bits per heavy atom. The number of nitrogens with zero attached hydrogens (tertiary/aromatic N) is 1. The maximum Gasteiger partial charge on any atom is 0.175 e. The Bertz CT molecular complexity index is 604. The minimum Gasteiger partial charge on any atom is -0.310 e. The van der Waals surface area contributed by atoms with Crippen LogP contribution in [0.15, 0.2) is 23.1 Å². The van der Waals surface area contributed by atoms with Crippen LogP contribution in [0.5, 0.6) is 0 Å². The van der Waals surface area contributed by atoms with Crippen molar-refractivity contribution in [3.63, 3.8) is 0 Å². The van der Waals surface area contributed by atoms with Crippen molar-refractivity contribution in [3.8, 4) is 0 Å². The maximum absolute atomic E-state index is 11.9. The predicted octanol–water partition coefficient (Wildman–Crippen LogP) is 2.32. The minimum atomic E-state index is -3.26. The van der Waals surface area contributed by atoms with Crippen LogP contribution in [0.1, 0.15) is 25.3 Å². The monoisotopic (exact) mass is 330 g/mol. The standard InChI is InChI=1S/C15H23ClN2O2S/c1-11-9-12(7-8-18(11)2)17-10-13-14(16)5-4-6-15(13)21(3,19)20/h4-6,11-12,17H,7-10H2,1-3H3. The molecule has 1 aliphatic rings. The molecule has 2 unspecified atom stereocenters. The van der Waals surface area contributed by atoms with Crippen molar-refractivity contribution in [3.05, 3.63) is 28.8 Å². The molecule has 0 saturated carbocycles. The molecule has 1 N–H and O–H groups in total. The summed E-state index contributed by atoms with van der Waals surface area (Å²) in [6.45, 7) is 3.76. The lowest BCUT2D eigenvalue weighted by Gasteiger charge is -2.35. The topological polar surface area (TPSA) is 49.4 Å². The van der Waals surface area contributed by atoms with Crippen LogP contribution in [0, 0.1) is 0 Å². The van der Waals surface area contributed by atoms with E-state index in [1.807, 2.05) is 0 Å². The zero-order valence-corrected chi connectivity index (χ0v) is 14.3. The largest absolute Gasteiger partial charge is 0.310 e. The van der Waals surface area contributed by atoms with Gasteiger partial charge >= 0.3 is 0 Å². The van der Waals surface area contributed by atoms with E-state index in [4.69, 9.17) is 11.6 Å². The average molecular weight is 331 g/mol. The molecule has 1 aromatic carbocycles. The molecule has 1 aliphatic heterocycles. The van der Waals surface area contributed by atoms with Crippen LogP contribution in [0.25, 0.3) is 0 Å². The molecule has 0 amide bonds. The minimum absolute atomic E-state index is 0.323. The molecule has 0 bridgehead atoms. The smallest absolute Gasteiger partial charge is 0.175 e. The van der Waals surface area contributed by atoms with Gasteiger partial charge in [0.05, 0.1) is 4.90 Å². The molecule has 0 radical (unpaired) electrons. The van der Waals surface area contributed by atoms with Gasteiger partial charge in [0, 0.05) is 35.5 Å². The van der Waals surface area contributed by atoms with E-state index < -0.39 is 9.84 Å². The molecule has 4 nitrogen and oxygen atoms in total. The summed E-state index contributed by atoms with van der Waals surface area (Å²) in [7, 11) is -1.13. The first-order chi connectivity index (χ1) is 9.79. The molecule has 0 aliphatic carbocycles. The van der Waals surface area contributed by atoms with Crippen LogP contribution in [0.3, 0.4) is 0 Å². The third kappa shape index (κ3) is 4.19. The summed E-state index contributed by atoms with van der Waals surface area (Å²) < 4.78 is 23.7. The molecule has 2 rings (SSSR count). The SMILES string of the molecule is CC1CC(NCc2c(Cl)cccc2S(C)(=O)=O)CCN1C. The molecule has 6 heteroatoms. The number of sulfone groups is 1. The van der Waals surface area contributed by atoms with Crippen LogP contribution in [0.2, 0.25) is 5.02 Å². The highest BCUT2D eigenvalue weighted by Crippen LogP contribution is 2.25. The van der Waals surface area contributed by atoms with Crippen molar-refractivity contribution < 1.29 is 8.42 Å². The fourth-order valence-electron chi connectivity index (χ4n) is 2.78. The van der Waals surface area contributed by atoms with E-state index in [1.165, 1.54) is 6.26 Å². The van der Waals surface area contributed by atoms with Crippen molar-refractivity contribution in [2.75, 3.05) is 19.8 Å². The first-order valence-electron chi connectivity index (χ1n) is 7.20. The molecule has 2 atom stereocenters. The number of halogens is 1. The quantitative estimate of drug-likeness (QED) is 0.920. The van der Waals surface area contributed by atoms with E-state index in [0.29, 0.717) is 34.1 Å². The van der Waals surface area contributed by atoms with Gasteiger partial charge in [0.1, 0.15) is 0 Å². The van der Waals surface area contributed by atoms with Gasteiger partial charge in [0.25, 0.3) is 0 Å². The van der Waals surface area contributed by atoms with Crippen LogP contribution in [-0.4, -0.2) is 45.2 Å². The van der Waals surface area contributed by atoms with Crippen molar-refractivity contribution >= 4 is 21.4 Å². The van der Waals surface area contributed by atoms with Gasteiger partial charge in [-0.25, -0.2) is 8.42 Å². The Morgan fingerprint density at radius 1 is 1.43 bits per heavy atom. The Hall–Kier alpha value is -0.620. The van der Waals surface area contributed by atoms with Gasteiger partial charge in [-0.15, -0.1) is 0 Å². The Kier molecular flexibility index (Phi) is 5.30. The van der Waals surface area contributed by atoms with Gasteiger partial charge in [-0.05, 0) is 45.5 Å². The third-order valence-electron chi connectivity index (χ3n) is 4.25. The lowest BCUT2D eigenvalue weighted by atomic mass is 9.99. The number of nitrogens with one attached hydrogen (secondary N) is 1. The summed E-state index contributed by atoms with van der Waals surface area (Å²) in [4.78, 5) is 2.67. The summed E-state index contributed by atoms with van der Waals surface area (Å²) >= 11 is 6.19. The summed E-state index contributed by atoms with van der Waals surface area (Å²) in [5.74, 6) is 0. The highest BCUT2D eigenvalue weighted by Gasteiger charge is 2.23. The fourth-order valence-corrected chi connectivity index (χ4v) is 4.03. The van der Waals surface area contributed by atoms with Crippen LogP contribution in [0.4, 0.5) is 0 Å². The zero-order valence-electron chi connectivity index (χ0n) is 12.8. The van der Waals surface area contributed by atoms with Crippen LogP contribution in [-0.2, 0) is 16.4 Å². The summed E-state index contributed by atoms with van der Waals surface area (Å²) in [6.07, 6.45) is 3.36. The normalized spacial score (nSPS) is 24.2. The Balaban J connectivity index is 2.10. The van der Waals surface area contributed by atoms with E-state index >= 15 is 0 Å². The molecule has 118 valence electrons. The van der Waals surface area contributed by atoms with Crippen molar-refractivity contribution in [2.45, 2.75) is 43.3 Å². The lowest BCUT2D eigenvalue weighted by molar-refractivity contribution is 0.168. The van der Waals surface area contributed by atoms with E-state index in [9.17, 15) is 8.42 Å². The van der Waals surface area contributed by atoms with Gasteiger partial charge in [0.15, 0.2) is 9.84 Å². The number of likely N-dealkylation sites (tertiary alicyclic amines) is 1. The number of piperidine rings is 1. The van der Waals surface area contributed by atoms with Crippen LogP contribution < -0.4 is 5.32 Å². The van der Waals surface area contributed by atoms with E-state index in [2.05, 4.69) is 24.2 Å². The van der Waals surface area contributed by atoms with Gasteiger partial charge in [-0.3, -0.25) is 0 Å². The molecule has 1 fully saturated rings. The summed E-state index contributed by atoms with van der Waals surface area (Å²) in [6, 6.07) is 5.98. The predicted molar refractivity (Wildman–Crippen MR) is 86.5 cm³/mol. The summed E-state index contributed by atoms with van der Waals surface area (Å²) in [5.41, 5.74) is 0.674. The molecule has 1 saturated heterocycles. The van der Waals surface area contributed by atoms with Crippen molar-refractivity contribution in [2.24, 2.45) is 0 Å². The Labute approximate surface area is 132 Å². The van der Waals surface area contributed by atoms with Gasteiger partial charge in [-0.1, -0.05) is 17.7 Å².